The average Bonchev–Trinajstić information content (AvgIpc) is 2.29. The number of rotatable bonds is 7. The second kappa shape index (κ2) is 7.57. The highest BCUT2D eigenvalue weighted by molar-refractivity contribution is 8.00. The third kappa shape index (κ3) is 5.94. The minimum absolute atomic E-state index is 0.467. The van der Waals surface area contributed by atoms with Gasteiger partial charge in [-0.05, 0) is 37.1 Å². The van der Waals surface area contributed by atoms with Crippen molar-refractivity contribution in [2.45, 2.75) is 37.5 Å². The Hall–Kier alpha value is -0.730. The van der Waals surface area contributed by atoms with Crippen molar-refractivity contribution >= 4 is 11.8 Å². The van der Waals surface area contributed by atoms with Gasteiger partial charge < -0.3 is 5.32 Å². The zero-order valence-electron chi connectivity index (χ0n) is 11.1. The van der Waals surface area contributed by atoms with Gasteiger partial charge in [-0.1, -0.05) is 32.1 Å². The maximum absolute atomic E-state index is 3.82. The third-order valence-corrected chi connectivity index (χ3v) is 3.52. The van der Waals surface area contributed by atoms with Crippen LogP contribution in [0.2, 0.25) is 0 Å². The Bertz CT molecular complexity index is 347. The lowest BCUT2D eigenvalue weighted by Crippen LogP contribution is -2.18. The van der Waals surface area contributed by atoms with Crippen LogP contribution in [0.4, 0.5) is 0 Å². The molecule has 0 saturated heterocycles. The summed E-state index contributed by atoms with van der Waals surface area (Å²) < 4.78 is 0. The van der Waals surface area contributed by atoms with E-state index in [4.69, 9.17) is 0 Å². The van der Waals surface area contributed by atoms with Crippen LogP contribution in [-0.2, 0) is 6.54 Å². The highest BCUT2D eigenvalue weighted by Crippen LogP contribution is 2.24. The summed E-state index contributed by atoms with van der Waals surface area (Å²) in [5.74, 6) is 0.702. The van der Waals surface area contributed by atoms with Crippen molar-refractivity contribution in [3.63, 3.8) is 0 Å². The zero-order chi connectivity index (χ0) is 12.7. The number of thioether (sulfide) groups is 1. The van der Waals surface area contributed by atoms with Crippen LogP contribution in [0.3, 0.4) is 0 Å². The lowest BCUT2D eigenvalue weighted by molar-refractivity contribution is 0.552. The fourth-order valence-corrected chi connectivity index (χ4v) is 2.40. The molecule has 0 heterocycles. The molecule has 0 radical (unpaired) electrons. The van der Waals surface area contributed by atoms with Gasteiger partial charge in [0, 0.05) is 16.7 Å². The molecular formula is C15H23NS. The number of hydrogen-bond donors (Lipinski definition) is 1. The molecule has 0 saturated carbocycles. The molecule has 1 N–H and O–H groups in total. The third-order valence-electron chi connectivity index (χ3n) is 2.43. The van der Waals surface area contributed by atoms with Gasteiger partial charge in [0.2, 0.25) is 0 Å². The van der Waals surface area contributed by atoms with Crippen LogP contribution in [0, 0.1) is 5.92 Å². The Morgan fingerprint density at radius 2 is 2.12 bits per heavy atom. The molecule has 0 fully saturated rings. The van der Waals surface area contributed by atoms with E-state index in [0.29, 0.717) is 11.2 Å². The topological polar surface area (TPSA) is 12.0 Å². The molecule has 0 spiro atoms. The standard InChI is InChI=1S/C15H23NS/c1-5-13(4)17-15-8-6-7-14(9-15)11-16-10-12(2)3/h5-9,12-13,16H,1,10-11H2,2-4H3. The molecule has 1 rings (SSSR count). The van der Waals surface area contributed by atoms with Crippen molar-refractivity contribution in [2.75, 3.05) is 6.54 Å². The van der Waals surface area contributed by atoms with Crippen LogP contribution in [0.25, 0.3) is 0 Å². The highest BCUT2D eigenvalue weighted by Gasteiger charge is 2.01. The predicted molar refractivity (Wildman–Crippen MR) is 78.5 cm³/mol. The molecule has 0 bridgehead atoms. The highest BCUT2D eigenvalue weighted by atomic mass is 32.2. The second-order valence-corrected chi connectivity index (χ2v) is 6.18. The van der Waals surface area contributed by atoms with E-state index in [1.54, 1.807) is 0 Å². The van der Waals surface area contributed by atoms with Crippen molar-refractivity contribution in [1.29, 1.82) is 0 Å². The van der Waals surface area contributed by atoms with Crippen LogP contribution in [0.5, 0.6) is 0 Å². The summed E-state index contributed by atoms with van der Waals surface area (Å²) in [6.45, 7) is 12.5. The van der Waals surface area contributed by atoms with Crippen molar-refractivity contribution in [3.05, 3.63) is 42.5 Å². The predicted octanol–water partition coefficient (Wildman–Crippen LogP) is 4.10. The molecule has 0 aromatic heterocycles. The molecule has 0 aliphatic heterocycles. The average molecular weight is 249 g/mol. The summed E-state index contributed by atoms with van der Waals surface area (Å²) in [4.78, 5) is 1.32. The normalized spacial score (nSPS) is 12.7. The van der Waals surface area contributed by atoms with Crippen LogP contribution in [0.15, 0.2) is 41.8 Å². The molecule has 0 aliphatic rings. The van der Waals surface area contributed by atoms with Gasteiger partial charge in [0.25, 0.3) is 0 Å². The summed E-state index contributed by atoms with van der Waals surface area (Å²) in [6.07, 6.45) is 1.98. The Morgan fingerprint density at radius 1 is 1.35 bits per heavy atom. The Balaban J connectivity index is 2.50. The first kappa shape index (κ1) is 14.3. The lowest BCUT2D eigenvalue weighted by Gasteiger charge is -2.10. The van der Waals surface area contributed by atoms with Gasteiger partial charge in [-0.25, -0.2) is 0 Å². The first-order chi connectivity index (χ1) is 8.11. The van der Waals surface area contributed by atoms with E-state index in [1.807, 2.05) is 17.8 Å². The molecule has 1 atom stereocenters. The summed E-state index contributed by atoms with van der Waals surface area (Å²) in [6, 6.07) is 8.73. The van der Waals surface area contributed by atoms with Crippen LogP contribution in [0.1, 0.15) is 26.3 Å². The molecule has 2 heteroatoms. The molecule has 0 aliphatic carbocycles. The fraction of sp³-hybridized carbons (Fsp3) is 0.467. The van der Waals surface area contributed by atoms with E-state index < -0.39 is 0 Å². The molecule has 1 aromatic carbocycles. The molecule has 1 unspecified atom stereocenters. The first-order valence-electron chi connectivity index (χ1n) is 6.20. The number of benzene rings is 1. The summed E-state index contributed by atoms with van der Waals surface area (Å²) >= 11 is 1.85. The van der Waals surface area contributed by atoms with E-state index >= 15 is 0 Å². The van der Waals surface area contributed by atoms with Crippen molar-refractivity contribution in [2.24, 2.45) is 5.92 Å². The maximum atomic E-state index is 3.82. The van der Waals surface area contributed by atoms with Gasteiger partial charge in [0.15, 0.2) is 0 Å². The Labute approximate surface area is 110 Å². The van der Waals surface area contributed by atoms with Crippen LogP contribution < -0.4 is 5.32 Å². The molecule has 1 aromatic rings. The minimum Gasteiger partial charge on any atom is -0.312 e. The lowest BCUT2D eigenvalue weighted by atomic mass is 10.2. The van der Waals surface area contributed by atoms with E-state index in [0.717, 1.165) is 13.1 Å². The minimum atomic E-state index is 0.467. The SMILES string of the molecule is C=CC(C)Sc1cccc(CNCC(C)C)c1. The molecule has 0 amide bonds. The van der Waals surface area contributed by atoms with Crippen molar-refractivity contribution < 1.29 is 0 Å². The van der Waals surface area contributed by atoms with Crippen LogP contribution in [-0.4, -0.2) is 11.8 Å². The second-order valence-electron chi connectivity index (χ2n) is 4.73. The van der Waals surface area contributed by atoms with Crippen molar-refractivity contribution in [1.82, 2.24) is 5.32 Å². The molecule has 1 nitrogen and oxygen atoms in total. The summed E-state index contributed by atoms with van der Waals surface area (Å²) in [7, 11) is 0. The smallest absolute Gasteiger partial charge is 0.0243 e. The molecule has 17 heavy (non-hydrogen) atoms. The monoisotopic (exact) mass is 249 g/mol. The number of hydrogen-bond acceptors (Lipinski definition) is 2. The van der Waals surface area contributed by atoms with Gasteiger partial charge >= 0.3 is 0 Å². The fourth-order valence-electron chi connectivity index (χ4n) is 1.50. The Kier molecular flexibility index (Phi) is 6.38. The zero-order valence-corrected chi connectivity index (χ0v) is 11.9. The summed E-state index contributed by atoms with van der Waals surface area (Å²) in [5, 5.41) is 3.93. The Morgan fingerprint density at radius 3 is 2.76 bits per heavy atom. The van der Waals surface area contributed by atoms with Gasteiger partial charge in [-0.2, -0.15) is 0 Å². The van der Waals surface area contributed by atoms with E-state index in [-0.39, 0.29) is 0 Å². The largest absolute Gasteiger partial charge is 0.312 e. The van der Waals surface area contributed by atoms with E-state index in [1.165, 1.54) is 10.5 Å². The number of nitrogens with one attached hydrogen (secondary N) is 1. The van der Waals surface area contributed by atoms with E-state index in [9.17, 15) is 0 Å². The van der Waals surface area contributed by atoms with Gasteiger partial charge in [0.1, 0.15) is 0 Å². The van der Waals surface area contributed by atoms with E-state index in [2.05, 4.69) is 56.9 Å². The van der Waals surface area contributed by atoms with Gasteiger partial charge in [-0.3, -0.25) is 0 Å². The van der Waals surface area contributed by atoms with Crippen molar-refractivity contribution in [3.8, 4) is 0 Å². The van der Waals surface area contributed by atoms with Crippen LogP contribution >= 0.6 is 11.8 Å². The maximum Gasteiger partial charge on any atom is 0.0243 e. The first-order valence-corrected chi connectivity index (χ1v) is 7.08. The van der Waals surface area contributed by atoms with Gasteiger partial charge in [-0.15, -0.1) is 18.3 Å². The molecule has 94 valence electrons. The quantitative estimate of drug-likeness (QED) is 0.577. The summed E-state index contributed by atoms with van der Waals surface area (Å²) in [5.41, 5.74) is 1.35. The molecular weight excluding hydrogens is 226 g/mol. The van der Waals surface area contributed by atoms with Gasteiger partial charge in [0.05, 0.1) is 0 Å².